The summed E-state index contributed by atoms with van der Waals surface area (Å²) in [5, 5.41) is 6.20. The van der Waals surface area contributed by atoms with Crippen LogP contribution in [0.2, 0.25) is 0 Å². The lowest BCUT2D eigenvalue weighted by Gasteiger charge is -2.40. The number of amides is 3. The first-order chi connectivity index (χ1) is 19.4. The number of likely N-dealkylation sites (tertiary alicyclic amines) is 1. The third-order valence-electron chi connectivity index (χ3n) is 9.08. The Morgan fingerprint density at radius 2 is 1.56 bits per heavy atom. The molecule has 5 rings (SSSR count). The van der Waals surface area contributed by atoms with Gasteiger partial charge in [0.25, 0.3) is 0 Å². The van der Waals surface area contributed by atoms with Crippen molar-refractivity contribution in [3.8, 4) is 0 Å². The molecule has 0 bridgehead atoms. The number of nitrogens with zero attached hydrogens (tertiary/aromatic N) is 4. The van der Waals surface area contributed by atoms with Crippen molar-refractivity contribution in [1.29, 1.82) is 0 Å². The number of sulfonamides is 1. The quantitative estimate of drug-likeness (QED) is 0.501. The number of carbonyl (C=O) groups excluding carboxylic acids is 2. The van der Waals surface area contributed by atoms with E-state index in [-0.39, 0.29) is 41.2 Å². The van der Waals surface area contributed by atoms with Crippen LogP contribution in [0.5, 0.6) is 0 Å². The number of nitroso groups, excluding NO2 is 1. The van der Waals surface area contributed by atoms with Crippen molar-refractivity contribution < 1.29 is 36.0 Å². The smallest absolute Gasteiger partial charge is 0.342 e. The molecule has 4 heterocycles. The molecule has 0 aromatic heterocycles. The molecule has 0 aliphatic carbocycles. The second-order valence-corrected chi connectivity index (χ2v) is 13.3. The van der Waals surface area contributed by atoms with Crippen LogP contribution in [0.3, 0.4) is 0 Å². The Morgan fingerprint density at radius 3 is 2.15 bits per heavy atom. The van der Waals surface area contributed by atoms with Crippen LogP contribution in [0.15, 0.2) is 29.2 Å². The summed E-state index contributed by atoms with van der Waals surface area (Å²) < 4.78 is 70.1. The van der Waals surface area contributed by atoms with Crippen molar-refractivity contribution in [1.82, 2.24) is 19.5 Å². The van der Waals surface area contributed by atoms with E-state index in [9.17, 15) is 36.1 Å². The standard InChI is InChI=1S/C26H35F3N6O5S/c1-30-25(37)31-19-4-6-20(7-5-19)41(39,40)33-13-8-17(9-14-33)18-10-15-34-21(16-18)22(23(35(34)38)26(27,28)29)24(36)32-11-2-3-12-32/h4-7,17-18,21-23H,2-3,8-16H2,1H3,(H-,30,31,37)/p+1. The number of fused-ring (bicyclic) bond motifs is 1. The highest BCUT2D eigenvalue weighted by molar-refractivity contribution is 7.89. The van der Waals surface area contributed by atoms with Gasteiger partial charge in [0, 0.05) is 38.9 Å². The Kier molecular flexibility index (Phi) is 8.21. The van der Waals surface area contributed by atoms with E-state index < -0.39 is 46.1 Å². The molecule has 1 aromatic rings. The van der Waals surface area contributed by atoms with E-state index in [1.807, 2.05) is 0 Å². The van der Waals surface area contributed by atoms with Crippen LogP contribution in [0.4, 0.5) is 23.7 Å². The van der Waals surface area contributed by atoms with E-state index >= 15 is 0 Å². The monoisotopic (exact) mass is 601 g/mol. The molecule has 4 saturated heterocycles. The number of alkyl halides is 3. The SMILES string of the molecule is CNC(=O)Nc1ccc(S(=O)(=O)N2CCC(C3CCN4C(C3)C(C(=O)N3CCCC3)C(C(F)(F)F)[N+]4=O)CC2)cc1. The minimum absolute atomic E-state index is 0.00413. The highest BCUT2D eigenvalue weighted by Gasteiger charge is 2.71. The van der Waals surface area contributed by atoms with Crippen LogP contribution in [0.25, 0.3) is 0 Å². The lowest BCUT2D eigenvalue weighted by Crippen LogP contribution is -2.50. The molecule has 0 spiro atoms. The van der Waals surface area contributed by atoms with E-state index in [4.69, 9.17) is 0 Å². The molecule has 15 heteroatoms. The third kappa shape index (κ3) is 5.74. The summed E-state index contributed by atoms with van der Waals surface area (Å²) in [4.78, 5) is 39.2. The van der Waals surface area contributed by atoms with Gasteiger partial charge in [-0.05, 0) is 74.6 Å². The number of hydrazine groups is 1. The Bertz CT molecular complexity index is 1260. The number of hydrogen-bond acceptors (Lipinski definition) is 5. The van der Waals surface area contributed by atoms with Crippen molar-refractivity contribution in [2.75, 3.05) is 45.1 Å². The van der Waals surface area contributed by atoms with Crippen molar-refractivity contribution >= 4 is 27.6 Å². The van der Waals surface area contributed by atoms with E-state index in [0.29, 0.717) is 44.5 Å². The molecule has 2 N–H and O–H groups in total. The average Bonchev–Trinajstić information content (AvgIpc) is 3.59. The predicted octanol–water partition coefficient (Wildman–Crippen LogP) is 2.80. The van der Waals surface area contributed by atoms with Gasteiger partial charge in [-0.25, -0.2) is 13.2 Å². The lowest BCUT2D eigenvalue weighted by atomic mass is 9.74. The van der Waals surface area contributed by atoms with Gasteiger partial charge in [0.1, 0.15) is 16.8 Å². The third-order valence-corrected chi connectivity index (χ3v) is 11.0. The Labute approximate surface area is 237 Å². The number of carbonyl (C=O) groups is 2. The second kappa shape index (κ2) is 11.4. The molecular formula is C26H36F3N6O5S+. The van der Waals surface area contributed by atoms with Crippen molar-refractivity contribution in [3.63, 3.8) is 0 Å². The number of anilines is 1. The number of hydrogen-bond donors (Lipinski definition) is 2. The Hall–Kier alpha value is -2.94. The molecular weight excluding hydrogens is 565 g/mol. The minimum atomic E-state index is -4.83. The van der Waals surface area contributed by atoms with Crippen LogP contribution in [0, 0.1) is 22.7 Å². The number of urea groups is 1. The first-order valence-corrected chi connectivity index (χ1v) is 15.5. The van der Waals surface area contributed by atoms with E-state index in [1.165, 1.54) is 45.5 Å². The summed E-state index contributed by atoms with van der Waals surface area (Å²) >= 11 is 0. The summed E-state index contributed by atoms with van der Waals surface area (Å²) in [6, 6.07) is 2.26. The summed E-state index contributed by atoms with van der Waals surface area (Å²) in [5.74, 6) is -1.98. The zero-order chi connectivity index (χ0) is 29.5. The lowest BCUT2D eigenvalue weighted by molar-refractivity contribution is -0.735. The van der Waals surface area contributed by atoms with E-state index in [2.05, 4.69) is 10.6 Å². The van der Waals surface area contributed by atoms with Crippen LogP contribution < -0.4 is 10.6 Å². The molecule has 226 valence electrons. The number of piperidine rings is 2. The van der Waals surface area contributed by atoms with Gasteiger partial charge >= 0.3 is 18.2 Å². The molecule has 41 heavy (non-hydrogen) atoms. The van der Waals surface area contributed by atoms with Gasteiger partial charge in [0.15, 0.2) is 0 Å². The predicted molar refractivity (Wildman–Crippen MR) is 142 cm³/mol. The minimum Gasteiger partial charge on any atom is -0.342 e. The largest absolute Gasteiger partial charge is 0.460 e. The van der Waals surface area contributed by atoms with Gasteiger partial charge in [0.05, 0.1) is 16.3 Å². The second-order valence-electron chi connectivity index (χ2n) is 11.3. The first-order valence-electron chi connectivity index (χ1n) is 14.1. The van der Waals surface area contributed by atoms with Crippen LogP contribution >= 0.6 is 0 Å². The molecule has 11 nitrogen and oxygen atoms in total. The topological polar surface area (TPSA) is 122 Å². The summed E-state index contributed by atoms with van der Waals surface area (Å²) in [6.07, 6.45) is -1.44. The zero-order valence-electron chi connectivity index (χ0n) is 22.8. The highest BCUT2D eigenvalue weighted by atomic mass is 32.2. The van der Waals surface area contributed by atoms with Crippen LogP contribution in [0.1, 0.15) is 38.5 Å². The number of halogens is 3. The van der Waals surface area contributed by atoms with Gasteiger partial charge in [-0.3, -0.25) is 4.79 Å². The van der Waals surface area contributed by atoms with Gasteiger partial charge in [-0.1, -0.05) is 0 Å². The maximum Gasteiger partial charge on any atom is 0.460 e. The molecule has 4 aliphatic rings. The van der Waals surface area contributed by atoms with E-state index in [0.717, 1.165) is 12.8 Å². The molecule has 4 atom stereocenters. The number of nitrogens with one attached hydrogen (secondary N) is 2. The van der Waals surface area contributed by atoms with Crippen LogP contribution in [-0.4, -0.2) is 97.5 Å². The van der Waals surface area contributed by atoms with Crippen molar-refractivity contribution in [3.05, 3.63) is 29.2 Å². The summed E-state index contributed by atoms with van der Waals surface area (Å²) in [6.45, 7) is 1.50. The molecule has 4 aliphatic heterocycles. The number of benzene rings is 1. The summed E-state index contributed by atoms with van der Waals surface area (Å²) in [7, 11) is -2.30. The van der Waals surface area contributed by atoms with Gasteiger partial charge in [0.2, 0.25) is 15.9 Å². The van der Waals surface area contributed by atoms with Crippen molar-refractivity contribution in [2.24, 2.45) is 17.8 Å². The maximum absolute atomic E-state index is 14.1. The molecule has 4 fully saturated rings. The Morgan fingerprint density at radius 1 is 0.951 bits per heavy atom. The maximum atomic E-state index is 14.1. The van der Waals surface area contributed by atoms with E-state index in [1.54, 1.807) is 0 Å². The first kappa shape index (κ1) is 29.5. The fraction of sp³-hybridized carbons (Fsp3) is 0.692. The number of rotatable bonds is 5. The zero-order valence-corrected chi connectivity index (χ0v) is 23.7. The fourth-order valence-corrected chi connectivity index (χ4v) is 8.41. The normalized spacial score (nSPS) is 28.0. The van der Waals surface area contributed by atoms with Gasteiger partial charge in [-0.2, -0.15) is 17.5 Å². The van der Waals surface area contributed by atoms with Gasteiger partial charge in [-0.15, -0.1) is 5.01 Å². The van der Waals surface area contributed by atoms with Crippen molar-refractivity contribution in [2.45, 2.75) is 61.7 Å². The molecule has 4 unspecified atom stereocenters. The fourth-order valence-electron chi connectivity index (χ4n) is 6.94. The van der Waals surface area contributed by atoms with Gasteiger partial charge < -0.3 is 15.5 Å². The Balaban J connectivity index is 1.25. The molecule has 0 radical (unpaired) electrons. The highest BCUT2D eigenvalue weighted by Crippen LogP contribution is 2.46. The molecule has 0 saturated carbocycles. The summed E-state index contributed by atoms with van der Waals surface area (Å²) in [5.41, 5.74) is 0.450. The average molecular weight is 602 g/mol. The van der Waals surface area contributed by atoms with Crippen LogP contribution in [-0.2, 0) is 14.8 Å². The molecule has 1 aromatic carbocycles. The molecule has 3 amide bonds.